The fourth-order valence-corrected chi connectivity index (χ4v) is 4.12. The second-order valence-electron chi connectivity index (χ2n) is 6.52. The van der Waals surface area contributed by atoms with Crippen molar-refractivity contribution in [2.24, 2.45) is 0 Å². The van der Waals surface area contributed by atoms with Crippen LogP contribution in [0.2, 0.25) is 5.02 Å². The predicted molar refractivity (Wildman–Crippen MR) is 87.8 cm³/mol. The number of hydrogen-bond donors (Lipinski definition) is 0. The summed E-state index contributed by atoms with van der Waals surface area (Å²) in [5, 5.41) is 10.4. The van der Waals surface area contributed by atoms with Crippen molar-refractivity contribution in [1.29, 1.82) is 5.26 Å². The lowest BCUT2D eigenvalue weighted by Crippen LogP contribution is -2.43. The summed E-state index contributed by atoms with van der Waals surface area (Å²) in [7, 11) is 0. The Morgan fingerprint density at radius 3 is 3.21 bits per heavy atom. The second-order valence-corrected chi connectivity index (χ2v) is 6.96. The molecule has 0 bridgehead atoms. The van der Waals surface area contributed by atoms with E-state index in [0.717, 1.165) is 19.4 Å². The van der Waals surface area contributed by atoms with Crippen molar-refractivity contribution in [3.8, 4) is 12.1 Å². The molecular weight excluding hydrogens is 331 g/mol. The van der Waals surface area contributed by atoms with Gasteiger partial charge in [0.05, 0.1) is 16.6 Å². The fraction of sp³-hybridized carbons (Fsp3) is 0.471. The first kappa shape index (κ1) is 15.6. The van der Waals surface area contributed by atoms with E-state index in [9.17, 15) is 9.65 Å². The standard InChI is InChI=1S/C17H16ClFN4O/c18-13-4-11(7-20)15-12(5-13)8-21-16(22-15)24-10-17-2-1-3-23(17)9-14(19)6-17/h4-5,8,14H,1-3,6,9-10H2/t14-,17+/m1/s1. The average molecular weight is 347 g/mol. The van der Waals surface area contributed by atoms with E-state index in [1.807, 2.05) is 0 Å². The molecule has 0 spiro atoms. The Morgan fingerprint density at radius 2 is 2.38 bits per heavy atom. The molecule has 1 aromatic carbocycles. The van der Waals surface area contributed by atoms with Gasteiger partial charge in [-0.05, 0) is 31.5 Å². The van der Waals surface area contributed by atoms with Crippen molar-refractivity contribution < 1.29 is 9.13 Å². The normalized spacial score (nSPS) is 26.5. The smallest absolute Gasteiger partial charge is 0.317 e. The number of halogens is 2. The lowest BCUT2D eigenvalue weighted by molar-refractivity contribution is 0.107. The first-order valence-electron chi connectivity index (χ1n) is 7.98. The molecule has 2 fully saturated rings. The number of aromatic nitrogens is 2. The third kappa shape index (κ3) is 2.58. The highest BCUT2D eigenvalue weighted by Gasteiger charge is 2.49. The van der Waals surface area contributed by atoms with Crippen LogP contribution < -0.4 is 4.74 Å². The van der Waals surface area contributed by atoms with Crippen molar-refractivity contribution in [2.75, 3.05) is 19.7 Å². The Kier molecular flexibility index (Phi) is 3.78. The van der Waals surface area contributed by atoms with Crippen LogP contribution in [0, 0.1) is 11.3 Å². The molecule has 3 heterocycles. The number of nitriles is 1. The quantitative estimate of drug-likeness (QED) is 0.854. The molecule has 2 saturated heterocycles. The summed E-state index contributed by atoms with van der Waals surface area (Å²) < 4.78 is 19.6. The zero-order valence-electron chi connectivity index (χ0n) is 13.0. The average Bonchev–Trinajstić information content (AvgIpc) is 3.08. The molecule has 124 valence electrons. The number of alkyl halides is 1. The molecule has 2 atom stereocenters. The largest absolute Gasteiger partial charge is 0.461 e. The molecule has 0 saturated carbocycles. The van der Waals surface area contributed by atoms with Gasteiger partial charge in [-0.15, -0.1) is 0 Å². The van der Waals surface area contributed by atoms with E-state index in [1.165, 1.54) is 0 Å². The number of benzene rings is 1. The van der Waals surface area contributed by atoms with Gasteiger partial charge in [-0.3, -0.25) is 4.90 Å². The number of nitrogens with zero attached hydrogens (tertiary/aromatic N) is 4. The van der Waals surface area contributed by atoms with E-state index in [2.05, 4.69) is 20.9 Å². The molecule has 2 aliphatic rings. The molecule has 0 aliphatic carbocycles. The molecule has 0 amide bonds. The minimum absolute atomic E-state index is 0.213. The van der Waals surface area contributed by atoms with E-state index >= 15 is 0 Å². The highest BCUT2D eigenvalue weighted by Crippen LogP contribution is 2.40. The van der Waals surface area contributed by atoms with Gasteiger partial charge in [-0.2, -0.15) is 10.2 Å². The van der Waals surface area contributed by atoms with Gasteiger partial charge in [0, 0.05) is 29.6 Å². The van der Waals surface area contributed by atoms with E-state index in [-0.39, 0.29) is 11.5 Å². The Morgan fingerprint density at radius 1 is 1.50 bits per heavy atom. The highest BCUT2D eigenvalue weighted by atomic mass is 35.5. The molecule has 5 nitrogen and oxygen atoms in total. The summed E-state index contributed by atoms with van der Waals surface area (Å²) in [5.41, 5.74) is 0.660. The van der Waals surface area contributed by atoms with Gasteiger partial charge in [-0.1, -0.05) is 11.6 Å². The first-order chi connectivity index (χ1) is 11.6. The Hall–Kier alpha value is -1.97. The van der Waals surface area contributed by atoms with Crippen molar-refractivity contribution in [3.63, 3.8) is 0 Å². The zero-order valence-corrected chi connectivity index (χ0v) is 13.8. The Labute approximate surface area is 144 Å². The summed E-state index contributed by atoms with van der Waals surface area (Å²) in [6.07, 6.45) is 3.30. The monoisotopic (exact) mass is 346 g/mol. The number of rotatable bonds is 3. The van der Waals surface area contributed by atoms with E-state index in [0.29, 0.717) is 41.1 Å². The molecule has 0 unspecified atom stereocenters. The molecule has 0 radical (unpaired) electrons. The summed E-state index contributed by atoms with van der Waals surface area (Å²) in [4.78, 5) is 10.7. The van der Waals surface area contributed by atoms with Crippen molar-refractivity contribution in [1.82, 2.24) is 14.9 Å². The lowest BCUT2D eigenvalue weighted by atomic mass is 9.95. The highest BCUT2D eigenvalue weighted by molar-refractivity contribution is 6.31. The lowest BCUT2D eigenvalue weighted by Gasteiger charge is -2.30. The van der Waals surface area contributed by atoms with Gasteiger partial charge in [-0.25, -0.2) is 9.37 Å². The van der Waals surface area contributed by atoms with Gasteiger partial charge in [0.25, 0.3) is 0 Å². The van der Waals surface area contributed by atoms with Crippen LogP contribution in [0.15, 0.2) is 18.3 Å². The third-order valence-electron chi connectivity index (χ3n) is 4.98. The minimum atomic E-state index is -0.793. The second kappa shape index (κ2) is 5.83. The topological polar surface area (TPSA) is 62.0 Å². The van der Waals surface area contributed by atoms with Crippen LogP contribution in [0.25, 0.3) is 10.9 Å². The molecular formula is C17H16ClFN4O. The Balaban J connectivity index is 1.59. The molecule has 4 rings (SSSR count). The van der Waals surface area contributed by atoms with Crippen LogP contribution in [-0.4, -0.2) is 46.3 Å². The van der Waals surface area contributed by atoms with Crippen LogP contribution in [0.3, 0.4) is 0 Å². The molecule has 2 aliphatic heterocycles. The Bertz CT molecular complexity index is 839. The van der Waals surface area contributed by atoms with Crippen LogP contribution in [-0.2, 0) is 0 Å². The summed E-state index contributed by atoms with van der Waals surface area (Å²) in [6, 6.07) is 5.59. The number of fused-ring (bicyclic) bond motifs is 2. The molecule has 24 heavy (non-hydrogen) atoms. The molecule has 1 aromatic heterocycles. The SMILES string of the molecule is N#Cc1cc(Cl)cc2cnc(OC[C@@]34CCCN3C[C@H](F)C4)nc12. The molecule has 7 heteroatoms. The van der Waals surface area contributed by atoms with Gasteiger partial charge in [0.1, 0.15) is 18.8 Å². The van der Waals surface area contributed by atoms with Gasteiger partial charge < -0.3 is 4.74 Å². The fourth-order valence-electron chi connectivity index (χ4n) is 3.90. The van der Waals surface area contributed by atoms with Crippen LogP contribution >= 0.6 is 11.6 Å². The van der Waals surface area contributed by atoms with E-state index < -0.39 is 6.17 Å². The van der Waals surface area contributed by atoms with Gasteiger partial charge in [0.2, 0.25) is 0 Å². The van der Waals surface area contributed by atoms with Crippen molar-refractivity contribution in [2.45, 2.75) is 31.0 Å². The first-order valence-corrected chi connectivity index (χ1v) is 8.36. The number of hydrogen-bond acceptors (Lipinski definition) is 5. The van der Waals surface area contributed by atoms with Gasteiger partial charge >= 0.3 is 6.01 Å². The van der Waals surface area contributed by atoms with Crippen LogP contribution in [0.4, 0.5) is 4.39 Å². The maximum Gasteiger partial charge on any atom is 0.317 e. The maximum atomic E-state index is 13.8. The number of ether oxygens (including phenoxy) is 1. The van der Waals surface area contributed by atoms with E-state index in [4.69, 9.17) is 16.3 Å². The van der Waals surface area contributed by atoms with Crippen molar-refractivity contribution in [3.05, 3.63) is 28.9 Å². The summed E-state index contributed by atoms with van der Waals surface area (Å²) in [6.45, 7) is 1.77. The van der Waals surface area contributed by atoms with Gasteiger partial charge in [0.15, 0.2) is 0 Å². The van der Waals surface area contributed by atoms with Crippen LogP contribution in [0.1, 0.15) is 24.8 Å². The minimum Gasteiger partial charge on any atom is -0.461 e. The van der Waals surface area contributed by atoms with Crippen molar-refractivity contribution >= 4 is 22.5 Å². The predicted octanol–water partition coefficient (Wildman–Crippen LogP) is 3.11. The summed E-state index contributed by atoms with van der Waals surface area (Å²) >= 11 is 5.98. The third-order valence-corrected chi connectivity index (χ3v) is 5.20. The zero-order chi connectivity index (χ0) is 16.7. The molecule has 2 aromatic rings. The summed E-state index contributed by atoms with van der Waals surface area (Å²) in [5.74, 6) is 0. The maximum absolute atomic E-state index is 13.8. The van der Waals surface area contributed by atoms with Crippen LogP contribution in [0.5, 0.6) is 6.01 Å². The van der Waals surface area contributed by atoms with E-state index in [1.54, 1.807) is 18.3 Å². The molecule has 0 N–H and O–H groups in total.